The zero-order valence-corrected chi connectivity index (χ0v) is 13.3. The van der Waals surface area contributed by atoms with E-state index in [1.807, 2.05) is 26.2 Å². The van der Waals surface area contributed by atoms with Crippen LogP contribution in [0.4, 0.5) is 0 Å². The van der Waals surface area contributed by atoms with Gasteiger partial charge < -0.3 is 10.6 Å². The maximum atomic E-state index is 12.4. The third kappa shape index (κ3) is 3.77. The molecule has 1 aromatic rings. The quantitative estimate of drug-likeness (QED) is 0.844. The molecule has 0 radical (unpaired) electrons. The molecule has 1 aromatic heterocycles. The summed E-state index contributed by atoms with van der Waals surface area (Å²) in [5.74, 6) is 0.104. The minimum atomic E-state index is -0.444. The van der Waals surface area contributed by atoms with Crippen molar-refractivity contribution in [1.82, 2.24) is 20.5 Å². The molecule has 112 valence electrons. The number of rotatable bonds is 5. The fourth-order valence-corrected chi connectivity index (χ4v) is 3.16. The molecule has 1 fully saturated rings. The average molecular weight is 296 g/mol. The summed E-state index contributed by atoms with van der Waals surface area (Å²) in [5, 5.41) is 9.49. The number of amides is 1. The van der Waals surface area contributed by atoms with E-state index in [4.69, 9.17) is 0 Å². The number of nitrogens with zero attached hydrogens (tertiary/aromatic N) is 2. The van der Waals surface area contributed by atoms with Gasteiger partial charge in [0.2, 0.25) is 5.91 Å². The van der Waals surface area contributed by atoms with Gasteiger partial charge in [0.25, 0.3) is 0 Å². The van der Waals surface area contributed by atoms with Crippen molar-refractivity contribution in [2.45, 2.75) is 32.7 Å². The van der Waals surface area contributed by atoms with Gasteiger partial charge in [-0.3, -0.25) is 9.69 Å². The maximum Gasteiger partial charge on any atom is 0.239 e. The highest BCUT2D eigenvalue weighted by Gasteiger charge is 2.34. The van der Waals surface area contributed by atoms with Crippen LogP contribution in [0.3, 0.4) is 0 Å². The minimum absolute atomic E-state index is 0.104. The molecule has 1 aliphatic rings. The second-order valence-corrected chi connectivity index (χ2v) is 6.63. The Bertz CT molecular complexity index is 452. The van der Waals surface area contributed by atoms with E-state index in [1.54, 1.807) is 11.3 Å². The van der Waals surface area contributed by atoms with Crippen LogP contribution in [0.15, 0.2) is 5.38 Å². The van der Waals surface area contributed by atoms with Crippen LogP contribution in [-0.4, -0.2) is 54.1 Å². The number of aromatic nitrogens is 1. The van der Waals surface area contributed by atoms with Crippen molar-refractivity contribution in [3.05, 3.63) is 16.1 Å². The van der Waals surface area contributed by atoms with Crippen LogP contribution < -0.4 is 10.6 Å². The average Bonchev–Trinajstić information content (AvgIpc) is 2.85. The van der Waals surface area contributed by atoms with Crippen molar-refractivity contribution in [2.75, 3.05) is 32.7 Å². The number of hydrogen-bond donors (Lipinski definition) is 2. The number of piperazine rings is 1. The zero-order valence-electron chi connectivity index (χ0n) is 12.5. The van der Waals surface area contributed by atoms with Crippen LogP contribution in [0.5, 0.6) is 0 Å². The largest absolute Gasteiger partial charge is 0.354 e. The molecule has 5 nitrogen and oxygen atoms in total. The summed E-state index contributed by atoms with van der Waals surface area (Å²) >= 11 is 1.66. The molecule has 0 aromatic carbocycles. The Morgan fingerprint density at radius 2 is 2.20 bits per heavy atom. The lowest BCUT2D eigenvalue weighted by Gasteiger charge is -2.39. The molecule has 1 saturated heterocycles. The van der Waals surface area contributed by atoms with Crippen molar-refractivity contribution in [1.29, 1.82) is 0 Å². The smallest absolute Gasteiger partial charge is 0.239 e. The van der Waals surface area contributed by atoms with Crippen molar-refractivity contribution < 1.29 is 4.79 Å². The number of aryl methyl sites for hydroxylation is 1. The zero-order chi connectivity index (χ0) is 14.6. The highest BCUT2D eigenvalue weighted by molar-refractivity contribution is 7.09. The molecular formula is C14H24N4OS. The van der Waals surface area contributed by atoms with Gasteiger partial charge in [0.1, 0.15) is 0 Å². The summed E-state index contributed by atoms with van der Waals surface area (Å²) < 4.78 is 0. The van der Waals surface area contributed by atoms with Crippen LogP contribution in [0.1, 0.15) is 24.5 Å². The van der Waals surface area contributed by atoms with Crippen LogP contribution >= 0.6 is 11.3 Å². The molecule has 0 bridgehead atoms. The Kier molecular flexibility index (Phi) is 5.12. The Labute approximate surface area is 124 Å². The van der Waals surface area contributed by atoms with Gasteiger partial charge in [-0.25, -0.2) is 4.98 Å². The highest BCUT2D eigenvalue weighted by atomic mass is 32.1. The molecule has 0 aliphatic carbocycles. The summed E-state index contributed by atoms with van der Waals surface area (Å²) in [6, 6.07) is 0. The van der Waals surface area contributed by atoms with Gasteiger partial charge in [-0.2, -0.15) is 0 Å². The summed E-state index contributed by atoms with van der Waals surface area (Å²) in [6.07, 6.45) is 0.807. The third-order valence-corrected chi connectivity index (χ3v) is 4.78. The van der Waals surface area contributed by atoms with E-state index in [0.29, 0.717) is 6.54 Å². The molecule has 0 spiro atoms. The fourth-order valence-electron chi connectivity index (χ4n) is 2.38. The molecule has 1 aliphatic heterocycles. The molecule has 20 heavy (non-hydrogen) atoms. The van der Waals surface area contributed by atoms with E-state index in [1.165, 1.54) is 0 Å². The van der Waals surface area contributed by atoms with E-state index >= 15 is 0 Å². The molecule has 2 heterocycles. The Hall–Kier alpha value is -0.980. The molecular weight excluding hydrogens is 272 g/mol. The van der Waals surface area contributed by atoms with E-state index < -0.39 is 5.54 Å². The first-order valence-corrected chi connectivity index (χ1v) is 8.03. The monoisotopic (exact) mass is 296 g/mol. The number of carbonyl (C=O) groups is 1. The van der Waals surface area contributed by atoms with Gasteiger partial charge >= 0.3 is 0 Å². The third-order valence-electron chi connectivity index (χ3n) is 3.75. The first kappa shape index (κ1) is 15.4. The van der Waals surface area contributed by atoms with Gasteiger partial charge in [-0.05, 0) is 20.8 Å². The van der Waals surface area contributed by atoms with Gasteiger partial charge in [-0.1, -0.05) is 0 Å². The lowest BCUT2D eigenvalue weighted by molar-refractivity contribution is -0.132. The van der Waals surface area contributed by atoms with Crippen molar-refractivity contribution in [2.24, 2.45) is 0 Å². The summed E-state index contributed by atoms with van der Waals surface area (Å²) in [4.78, 5) is 19.0. The molecule has 1 amide bonds. The molecule has 2 N–H and O–H groups in total. The van der Waals surface area contributed by atoms with E-state index in [0.717, 1.165) is 43.3 Å². The summed E-state index contributed by atoms with van der Waals surface area (Å²) in [7, 11) is 0. The number of thiazole rings is 1. The normalized spacial score (nSPS) is 17.1. The SMILES string of the molecule is Cc1csc(CCNC(=O)C(C)(C)N2CCNCC2)n1. The van der Waals surface area contributed by atoms with Crippen LogP contribution in [0, 0.1) is 6.92 Å². The first-order chi connectivity index (χ1) is 9.50. The van der Waals surface area contributed by atoms with E-state index in [2.05, 4.69) is 20.5 Å². The topological polar surface area (TPSA) is 57.3 Å². The standard InChI is InChI=1S/C14H24N4OS/c1-11-10-20-12(17-11)4-5-16-13(19)14(2,3)18-8-6-15-7-9-18/h10,15H,4-9H2,1-3H3,(H,16,19). The number of nitrogens with one attached hydrogen (secondary N) is 2. The first-order valence-electron chi connectivity index (χ1n) is 7.15. The number of carbonyl (C=O) groups excluding carboxylic acids is 1. The second kappa shape index (κ2) is 6.65. The van der Waals surface area contributed by atoms with E-state index in [9.17, 15) is 4.79 Å². The highest BCUT2D eigenvalue weighted by Crippen LogP contribution is 2.15. The molecule has 0 unspecified atom stereocenters. The van der Waals surface area contributed by atoms with Crippen LogP contribution in [0.25, 0.3) is 0 Å². The second-order valence-electron chi connectivity index (χ2n) is 5.68. The Morgan fingerprint density at radius 1 is 1.50 bits per heavy atom. The molecule has 0 saturated carbocycles. The van der Waals surface area contributed by atoms with Crippen LogP contribution in [-0.2, 0) is 11.2 Å². The minimum Gasteiger partial charge on any atom is -0.354 e. The maximum absolute atomic E-state index is 12.4. The van der Waals surface area contributed by atoms with Gasteiger partial charge in [0, 0.05) is 50.2 Å². The fraction of sp³-hybridized carbons (Fsp3) is 0.714. The number of hydrogen-bond acceptors (Lipinski definition) is 5. The molecule has 6 heteroatoms. The Balaban J connectivity index is 1.80. The van der Waals surface area contributed by atoms with Crippen molar-refractivity contribution in [3.63, 3.8) is 0 Å². The lowest BCUT2D eigenvalue weighted by atomic mass is 10.0. The van der Waals surface area contributed by atoms with Gasteiger partial charge in [0.15, 0.2) is 0 Å². The van der Waals surface area contributed by atoms with E-state index in [-0.39, 0.29) is 5.91 Å². The molecule has 0 atom stereocenters. The van der Waals surface area contributed by atoms with Crippen LogP contribution in [0.2, 0.25) is 0 Å². The lowest BCUT2D eigenvalue weighted by Crippen LogP contribution is -2.60. The predicted molar refractivity (Wildman–Crippen MR) is 82.1 cm³/mol. The molecule has 2 rings (SSSR count). The summed E-state index contributed by atoms with van der Waals surface area (Å²) in [6.45, 7) is 10.4. The summed E-state index contributed by atoms with van der Waals surface area (Å²) in [5.41, 5.74) is 0.610. The van der Waals surface area contributed by atoms with Gasteiger partial charge in [0.05, 0.1) is 10.5 Å². The Morgan fingerprint density at radius 3 is 2.80 bits per heavy atom. The van der Waals surface area contributed by atoms with Crippen molar-refractivity contribution >= 4 is 17.2 Å². The van der Waals surface area contributed by atoms with Gasteiger partial charge in [-0.15, -0.1) is 11.3 Å². The predicted octanol–water partition coefficient (Wildman–Crippen LogP) is 0.794. The van der Waals surface area contributed by atoms with Crippen molar-refractivity contribution in [3.8, 4) is 0 Å².